The molecule has 4 N–H and O–H groups in total. The minimum atomic E-state index is -4.08. The number of hydrogen-bond donors (Lipinski definition) is 4. The summed E-state index contributed by atoms with van der Waals surface area (Å²) in [5.41, 5.74) is 0.572. The van der Waals surface area contributed by atoms with E-state index >= 15 is 0 Å². The highest BCUT2D eigenvalue weighted by Gasteiger charge is 2.19. The van der Waals surface area contributed by atoms with E-state index < -0.39 is 13.6 Å². The van der Waals surface area contributed by atoms with E-state index in [9.17, 15) is 14.2 Å². The van der Waals surface area contributed by atoms with Crippen LogP contribution in [0.2, 0.25) is 0 Å². The van der Waals surface area contributed by atoms with Gasteiger partial charge in [0, 0.05) is 18.8 Å². The second-order valence-electron chi connectivity index (χ2n) is 10.1. The first-order chi connectivity index (χ1) is 17.1. The van der Waals surface area contributed by atoms with Crippen molar-refractivity contribution >= 4 is 25.2 Å². The molecule has 8 nitrogen and oxygen atoms in total. The molecular weight excluding hydrogens is 481 g/mol. The van der Waals surface area contributed by atoms with Gasteiger partial charge in [-0.05, 0) is 24.5 Å². The maximum atomic E-state index is 12.3. The molecule has 0 aliphatic heterocycles. The quantitative estimate of drug-likeness (QED) is 0.104. The van der Waals surface area contributed by atoms with Crippen LogP contribution in [0.1, 0.15) is 97.3 Å². The summed E-state index contributed by atoms with van der Waals surface area (Å²) in [6, 6.07) is 7.10. The van der Waals surface area contributed by atoms with Gasteiger partial charge >= 0.3 is 13.6 Å². The van der Waals surface area contributed by atoms with E-state index in [2.05, 4.69) is 5.32 Å². The Kier molecular flexibility index (Phi) is 16.4. The number of unbranched alkanes of at least 4 members (excludes halogenated alkanes) is 9. The Morgan fingerprint density at radius 3 is 2.03 bits per heavy atom. The fraction of sp³-hybridized carbons (Fsp3) is 0.704. The third kappa shape index (κ3) is 17.5. The Morgan fingerprint density at radius 2 is 1.44 bits per heavy atom. The molecule has 0 spiro atoms. The van der Waals surface area contributed by atoms with Gasteiger partial charge in [-0.25, -0.2) is 0 Å². The topological polar surface area (TPSA) is 133 Å². The summed E-state index contributed by atoms with van der Waals surface area (Å²) in [4.78, 5) is 41.2. The Balaban J connectivity index is 2.10. The van der Waals surface area contributed by atoms with Crippen LogP contribution in [-0.2, 0) is 14.2 Å². The summed E-state index contributed by atoms with van der Waals surface area (Å²) in [6.45, 7) is 3.88. The molecule has 0 saturated carbocycles. The Morgan fingerprint density at radius 1 is 0.889 bits per heavy atom. The molecule has 206 valence electrons. The first-order valence-corrected chi connectivity index (χ1v) is 15.1. The molecule has 0 aromatic heterocycles. The van der Waals surface area contributed by atoms with Gasteiger partial charge in [0.1, 0.15) is 5.75 Å². The fourth-order valence-corrected chi connectivity index (χ4v) is 5.11. The van der Waals surface area contributed by atoms with Crippen molar-refractivity contribution in [3.05, 3.63) is 24.3 Å². The molecule has 0 bridgehead atoms. The predicted molar refractivity (Wildman–Crippen MR) is 143 cm³/mol. The molecule has 1 amide bonds. The van der Waals surface area contributed by atoms with Crippen molar-refractivity contribution in [3.63, 3.8) is 0 Å². The number of carboxylic acid groups (broad SMARTS) is 1. The van der Waals surface area contributed by atoms with Gasteiger partial charge in [0.15, 0.2) is 0 Å². The average Bonchev–Trinajstić information content (AvgIpc) is 2.77. The summed E-state index contributed by atoms with van der Waals surface area (Å²) in [5.74, 6) is -0.313. The van der Waals surface area contributed by atoms with E-state index in [0.29, 0.717) is 17.9 Å². The van der Waals surface area contributed by atoms with Crippen LogP contribution >= 0.6 is 7.60 Å². The van der Waals surface area contributed by atoms with E-state index in [4.69, 9.17) is 19.6 Å². The summed E-state index contributed by atoms with van der Waals surface area (Å²) in [7, 11) is -4.08. The second kappa shape index (κ2) is 18.4. The molecule has 0 heterocycles. The van der Waals surface area contributed by atoms with E-state index in [1.54, 1.807) is 25.1 Å². The zero-order valence-corrected chi connectivity index (χ0v) is 22.9. The molecule has 0 aliphatic carbocycles. The van der Waals surface area contributed by atoms with E-state index in [1.165, 1.54) is 38.5 Å². The number of rotatable bonds is 21. The van der Waals surface area contributed by atoms with Crippen LogP contribution in [0.3, 0.4) is 0 Å². The van der Waals surface area contributed by atoms with Crippen LogP contribution in [0.15, 0.2) is 24.3 Å². The molecule has 0 radical (unpaired) electrons. The van der Waals surface area contributed by atoms with Crippen LogP contribution < -0.4 is 10.1 Å². The molecule has 9 heteroatoms. The SMILES string of the molecule is CC(CCCCCCCCCCCCC(=O)Nc1ccccc1OCC(C)CP(=O)(O)O)CC(=O)O. The van der Waals surface area contributed by atoms with Crippen molar-refractivity contribution in [2.24, 2.45) is 11.8 Å². The van der Waals surface area contributed by atoms with Crippen LogP contribution in [0, 0.1) is 11.8 Å². The molecule has 0 fully saturated rings. The average molecular weight is 528 g/mol. The largest absolute Gasteiger partial charge is 0.491 e. The second-order valence-corrected chi connectivity index (χ2v) is 11.8. The number of nitrogens with one attached hydrogen (secondary N) is 1. The van der Waals surface area contributed by atoms with Crippen LogP contribution in [0.5, 0.6) is 5.75 Å². The number of aliphatic carboxylic acids is 1. The number of carbonyl (C=O) groups is 2. The zero-order chi connectivity index (χ0) is 26.8. The number of amides is 1. The summed E-state index contributed by atoms with van der Waals surface area (Å²) in [6.07, 6.45) is 12.8. The highest BCUT2D eigenvalue weighted by molar-refractivity contribution is 7.51. The first kappa shape index (κ1) is 32.1. The molecule has 36 heavy (non-hydrogen) atoms. The lowest BCUT2D eigenvalue weighted by atomic mass is 9.99. The zero-order valence-electron chi connectivity index (χ0n) is 22.0. The van der Waals surface area contributed by atoms with Gasteiger partial charge in [-0.1, -0.05) is 90.2 Å². The number of carboxylic acids is 1. The Bertz CT molecular complexity index is 811. The maximum absolute atomic E-state index is 12.3. The highest BCUT2D eigenvalue weighted by Crippen LogP contribution is 2.37. The summed E-state index contributed by atoms with van der Waals surface area (Å²) >= 11 is 0. The third-order valence-electron chi connectivity index (χ3n) is 6.11. The molecule has 2 atom stereocenters. The Labute approximate surface area is 216 Å². The van der Waals surface area contributed by atoms with Gasteiger partial charge in [-0.15, -0.1) is 0 Å². The lowest BCUT2D eigenvalue weighted by molar-refractivity contribution is -0.138. The maximum Gasteiger partial charge on any atom is 0.325 e. The van der Waals surface area contributed by atoms with E-state index in [-0.39, 0.29) is 36.9 Å². The van der Waals surface area contributed by atoms with Crippen molar-refractivity contribution in [1.82, 2.24) is 0 Å². The van der Waals surface area contributed by atoms with Crippen molar-refractivity contribution < 1.29 is 33.8 Å². The third-order valence-corrected chi connectivity index (χ3v) is 7.21. The van der Waals surface area contributed by atoms with Crippen molar-refractivity contribution in [3.8, 4) is 5.75 Å². The van der Waals surface area contributed by atoms with Crippen LogP contribution in [-0.4, -0.2) is 39.5 Å². The number of para-hydroxylation sites is 2. The molecule has 1 rings (SSSR count). The minimum absolute atomic E-state index is 0.0630. The van der Waals surface area contributed by atoms with Gasteiger partial charge in [0.25, 0.3) is 0 Å². The lowest BCUT2D eigenvalue weighted by Crippen LogP contribution is -2.15. The lowest BCUT2D eigenvalue weighted by Gasteiger charge is -2.16. The first-order valence-electron chi connectivity index (χ1n) is 13.3. The minimum Gasteiger partial charge on any atom is -0.491 e. The van der Waals surface area contributed by atoms with Gasteiger partial charge < -0.3 is 24.9 Å². The van der Waals surface area contributed by atoms with Gasteiger partial charge in [0.2, 0.25) is 5.91 Å². The number of anilines is 1. The van der Waals surface area contributed by atoms with Crippen LogP contribution in [0.4, 0.5) is 5.69 Å². The monoisotopic (exact) mass is 527 g/mol. The molecule has 1 aromatic rings. The van der Waals surface area contributed by atoms with Crippen molar-refractivity contribution in [2.75, 3.05) is 18.1 Å². The molecule has 0 aliphatic rings. The van der Waals surface area contributed by atoms with Crippen molar-refractivity contribution in [2.45, 2.75) is 97.3 Å². The standard InChI is InChI=1S/C27H46NO7P/c1-22(19-27(30)31)15-11-9-7-5-3-4-6-8-10-12-18-26(29)28-24-16-13-14-17-25(24)35-20-23(2)21-36(32,33)34/h13-14,16-17,22-23H,3-12,15,18-21H2,1-2H3,(H,28,29)(H,30,31)(H2,32,33,34). The normalized spacial score (nSPS) is 13.2. The fourth-order valence-electron chi connectivity index (χ4n) is 4.19. The summed E-state index contributed by atoms with van der Waals surface area (Å²) in [5, 5.41) is 11.7. The van der Waals surface area contributed by atoms with Gasteiger partial charge in [-0.2, -0.15) is 0 Å². The molecule has 2 unspecified atom stereocenters. The Hall–Kier alpha value is -1.89. The van der Waals surface area contributed by atoms with Crippen molar-refractivity contribution in [1.29, 1.82) is 0 Å². The van der Waals surface area contributed by atoms with Gasteiger partial charge in [0.05, 0.1) is 18.5 Å². The highest BCUT2D eigenvalue weighted by atomic mass is 31.2. The number of ether oxygens (including phenoxy) is 1. The molecule has 0 saturated heterocycles. The van der Waals surface area contributed by atoms with Gasteiger partial charge in [-0.3, -0.25) is 14.2 Å². The number of hydrogen-bond acceptors (Lipinski definition) is 4. The van der Waals surface area contributed by atoms with E-state index in [1.807, 2.05) is 13.0 Å². The summed E-state index contributed by atoms with van der Waals surface area (Å²) < 4.78 is 16.8. The molecule has 1 aromatic carbocycles. The number of carbonyl (C=O) groups excluding carboxylic acids is 1. The van der Waals surface area contributed by atoms with E-state index in [0.717, 1.165) is 32.1 Å². The van der Waals surface area contributed by atoms with Crippen LogP contribution in [0.25, 0.3) is 0 Å². The smallest absolute Gasteiger partial charge is 0.325 e. The molecular formula is C27H46NO7P. The number of benzene rings is 1. The predicted octanol–water partition coefficient (Wildman–Crippen LogP) is 6.61.